The van der Waals surface area contributed by atoms with Crippen LogP contribution in [0.3, 0.4) is 0 Å². The maximum absolute atomic E-state index is 9.61. The van der Waals surface area contributed by atoms with Crippen LogP contribution >= 0.6 is 11.3 Å². The lowest BCUT2D eigenvalue weighted by molar-refractivity contribution is 0.145. The molecule has 0 spiro atoms. The lowest BCUT2D eigenvalue weighted by Gasteiger charge is -2.30. The molecule has 0 aromatic carbocycles. The van der Waals surface area contributed by atoms with Gasteiger partial charge in [-0.3, -0.25) is 0 Å². The lowest BCUT2D eigenvalue weighted by Crippen LogP contribution is -2.36. The van der Waals surface area contributed by atoms with Crippen molar-refractivity contribution in [1.82, 2.24) is 19.8 Å². The Kier molecular flexibility index (Phi) is 3.08. The maximum atomic E-state index is 9.61. The van der Waals surface area contributed by atoms with Crippen LogP contribution < -0.4 is 4.90 Å². The van der Waals surface area contributed by atoms with E-state index in [4.69, 9.17) is 0 Å². The molecule has 4 heterocycles. The summed E-state index contributed by atoms with van der Waals surface area (Å²) in [5.74, 6) is 1.68. The molecule has 0 saturated carbocycles. The summed E-state index contributed by atoms with van der Waals surface area (Å²) >= 11 is 1.63. The van der Waals surface area contributed by atoms with E-state index in [1.165, 1.54) is 0 Å². The minimum Gasteiger partial charge on any atom is -0.393 e. The molecule has 1 fully saturated rings. The van der Waals surface area contributed by atoms with Crippen molar-refractivity contribution >= 4 is 22.8 Å². The molecule has 7 heteroatoms. The highest BCUT2D eigenvalue weighted by atomic mass is 32.1. The predicted molar refractivity (Wildman–Crippen MR) is 81.5 cm³/mol. The maximum Gasteiger partial charge on any atom is 0.186 e. The normalized spacial score (nSPS) is 16.7. The molecule has 0 radical (unpaired) electrons. The number of aromatic nitrogens is 4. The Morgan fingerprint density at radius 1 is 1.14 bits per heavy atom. The Labute approximate surface area is 125 Å². The summed E-state index contributed by atoms with van der Waals surface area (Å²) < 4.78 is 1.79. The van der Waals surface area contributed by atoms with Gasteiger partial charge in [-0.25, -0.2) is 0 Å². The number of nitrogens with zero attached hydrogens (tertiary/aromatic N) is 5. The summed E-state index contributed by atoms with van der Waals surface area (Å²) in [5.41, 5.74) is 1.78. The molecule has 1 N–H and O–H groups in total. The highest BCUT2D eigenvalue weighted by Gasteiger charge is 2.19. The Bertz CT molecular complexity index is 746. The van der Waals surface area contributed by atoms with Crippen LogP contribution in [0.2, 0.25) is 0 Å². The number of aliphatic hydroxyl groups is 1. The molecule has 4 rings (SSSR count). The average molecular weight is 301 g/mol. The molecule has 1 aliphatic rings. The third-order valence-corrected chi connectivity index (χ3v) is 4.50. The van der Waals surface area contributed by atoms with Crippen LogP contribution in [0.25, 0.3) is 17.0 Å². The first-order valence-corrected chi connectivity index (χ1v) is 7.93. The number of hydrogen-bond acceptors (Lipinski definition) is 6. The van der Waals surface area contributed by atoms with Crippen LogP contribution in [0.4, 0.5) is 5.82 Å². The first-order valence-electron chi connectivity index (χ1n) is 6.99. The molecule has 1 aliphatic heterocycles. The molecule has 21 heavy (non-hydrogen) atoms. The number of rotatable bonds is 2. The zero-order valence-corrected chi connectivity index (χ0v) is 12.2. The van der Waals surface area contributed by atoms with E-state index in [0.29, 0.717) is 0 Å². The molecule has 3 aromatic heterocycles. The van der Waals surface area contributed by atoms with Gasteiger partial charge < -0.3 is 10.0 Å². The Morgan fingerprint density at radius 3 is 2.76 bits per heavy atom. The van der Waals surface area contributed by atoms with Gasteiger partial charge in [0.1, 0.15) is 5.82 Å². The van der Waals surface area contributed by atoms with Crippen LogP contribution in [-0.4, -0.2) is 44.1 Å². The molecule has 0 amide bonds. The topological polar surface area (TPSA) is 66.5 Å². The number of piperidine rings is 1. The molecule has 6 nitrogen and oxygen atoms in total. The van der Waals surface area contributed by atoms with Gasteiger partial charge in [-0.2, -0.15) is 15.9 Å². The van der Waals surface area contributed by atoms with Crippen molar-refractivity contribution in [2.45, 2.75) is 18.9 Å². The first-order chi connectivity index (χ1) is 10.3. The van der Waals surface area contributed by atoms with Gasteiger partial charge in [-0.05, 0) is 36.4 Å². The Hall–Kier alpha value is -1.99. The van der Waals surface area contributed by atoms with Gasteiger partial charge in [0.25, 0.3) is 0 Å². The van der Waals surface area contributed by atoms with Gasteiger partial charge in [0.15, 0.2) is 11.5 Å². The van der Waals surface area contributed by atoms with Crippen LogP contribution in [-0.2, 0) is 0 Å². The van der Waals surface area contributed by atoms with Crippen LogP contribution in [0.1, 0.15) is 12.8 Å². The standard InChI is InChI=1S/C14H15N5OS/c20-11-3-6-18(7-4-11)13-2-1-12-15-16-14(19(12)17-13)10-5-8-21-9-10/h1-2,5,8-9,11,20H,3-4,6-7H2. The van der Waals surface area contributed by atoms with Gasteiger partial charge >= 0.3 is 0 Å². The molecular formula is C14H15N5OS. The van der Waals surface area contributed by atoms with Gasteiger partial charge in [-0.1, -0.05) is 0 Å². The van der Waals surface area contributed by atoms with Crippen molar-refractivity contribution < 1.29 is 5.11 Å². The molecular weight excluding hydrogens is 286 g/mol. The summed E-state index contributed by atoms with van der Waals surface area (Å²) in [6, 6.07) is 5.93. The fourth-order valence-electron chi connectivity index (χ4n) is 2.61. The fraction of sp³-hybridized carbons (Fsp3) is 0.357. The molecule has 3 aromatic rings. The predicted octanol–water partition coefficient (Wildman–Crippen LogP) is 1.81. The second-order valence-corrected chi connectivity index (χ2v) is 6.00. The van der Waals surface area contributed by atoms with E-state index in [2.05, 4.69) is 20.2 Å². The summed E-state index contributed by atoms with van der Waals surface area (Å²) in [6.07, 6.45) is 1.40. The quantitative estimate of drug-likeness (QED) is 0.782. The highest BCUT2D eigenvalue weighted by Crippen LogP contribution is 2.23. The van der Waals surface area contributed by atoms with Gasteiger partial charge in [0.2, 0.25) is 0 Å². The number of hydrogen-bond donors (Lipinski definition) is 1. The number of thiophene rings is 1. The third kappa shape index (κ3) is 2.28. The third-order valence-electron chi connectivity index (χ3n) is 3.82. The molecule has 0 unspecified atom stereocenters. The van der Waals surface area contributed by atoms with E-state index in [1.54, 1.807) is 15.9 Å². The first kappa shape index (κ1) is 12.7. The van der Waals surface area contributed by atoms with E-state index < -0.39 is 0 Å². The van der Waals surface area contributed by atoms with E-state index in [9.17, 15) is 5.11 Å². The van der Waals surface area contributed by atoms with Gasteiger partial charge in [0, 0.05) is 24.0 Å². The second kappa shape index (κ2) is 5.09. The van der Waals surface area contributed by atoms with E-state index in [0.717, 1.165) is 48.8 Å². The summed E-state index contributed by atoms with van der Waals surface area (Å²) in [7, 11) is 0. The van der Waals surface area contributed by atoms with Crippen LogP contribution in [0.5, 0.6) is 0 Å². The SMILES string of the molecule is OC1CCN(c2ccc3nnc(-c4ccsc4)n3n2)CC1. The monoisotopic (exact) mass is 301 g/mol. The van der Waals surface area contributed by atoms with Crippen LogP contribution in [0.15, 0.2) is 29.0 Å². The van der Waals surface area contributed by atoms with E-state index in [1.807, 2.05) is 29.0 Å². The number of anilines is 1. The largest absolute Gasteiger partial charge is 0.393 e. The summed E-state index contributed by atoms with van der Waals surface area (Å²) in [4.78, 5) is 2.20. The van der Waals surface area contributed by atoms with Crippen molar-refractivity contribution in [3.8, 4) is 11.4 Å². The average Bonchev–Trinajstić information content (AvgIpc) is 3.16. The highest BCUT2D eigenvalue weighted by molar-refractivity contribution is 7.08. The molecule has 108 valence electrons. The number of aliphatic hydroxyl groups excluding tert-OH is 1. The molecule has 0 bridgehead atoms. The van der Waals surface area contributed by atoms with Gasteiger partial charge in [0.05, 0.1) is 6.10 Å². The van der Waals surface area contributed by atoms with Crippen molar-refractivity contribution in [3.05, 3.63) is 29.0 Å². The zero-order valence-electron chi connectivity index (χ0n) is 11.4. The zero-order chi connectivity index (χ0) is 14.2. The minimum atomic E-state index is -0.179. The van der Waals surface area contributed by atoms with Crippen molar-refractivity contribution in [1.29, 1.82) is 0 Å². The number of fused-ring (bicyclic) bond motifs is 1. The fourth-order valence-corrected chi connectivity index (χ4v) is 3.25. The summed E-state index contributed by atoms with van der Waals surface area (Å²) in [6.45, 7) is 1.66. The summed E-state index contributed by atoms with van der Waals surface area (Å²) in [5, 5.41) is 26.8. The second-order valence-electron chi connectivity index (χ2n) is 5.22. The van der Waals surface area contributed by atoms with Crippen molar-refractivity contribution in [3.63, 3.8) is 0 Å². The molecule has 0 atom stereocenters. The minimum absolute atomic E-state index is 0.179. The lowest BCUT2D eigenvalue weighted by atomic mass is 10.1. The van der Waals surface area contributed by atoms with Crippen molar-refractivity contribution in [2.75, 3.05) is 18.0 Å². The van der Waals surface area contributed by atoms with E-state index >= 15 is 0 Å². The Balaban J connectivity index is 1.73. The van der Waals surface area contributed by atoms with Gasteiger partial charge in [-0.15, -0.1) is 15.3 Å². The van der Waals surface area contributed by atoms with Crippen molar-refractivity contribution in [2.24, 2.45) is 0 Å². The van der Waals surface area contributed by atoms with Crippen LogP contribution in [0, 0.1) is 0 Å². The Morgan fingerprint density at radius 2 is 2.00 bits per heavy atom. The smallest absolute Gasteiger partial charge is 0.186 e. The molecule has 0 aliphatic carbocycles. The molecule has 1 saturated heterocycles. The van der Waals surface area contributed by atoms with E-state index in [-0.39, 0.29) is 6.10 Å².